The lowest BCUT2D eigenvalue weighted by Gasteiger charge is -2.24. The summed E-state index contributed by atoms with van der Waals surface area (Å²) in [5, 5.41) is 6.86. The highest BCUT2D eigenvalue weighted by atomic mass is 19.4. The number of nitrogens with zero attached hydrogens (tertiary/aromatic N) is 5. The summed E-state index contributed by atoms with van der Waals surface area (Å²) in [7, 11) is 0. The Hall–Kier alpha value is -3.94. The lowest BCUT2D eigenvalue weighted by atomic mass is 10.1. The third kappa shape index (κ3) is 6.44. The van der Waals surface area contributed by atoms with Crippen LogP contribution in [0.4, 0.5) is 29.6 Å². The lowest BCUT2D eigenvalue weighted by molar-refractivity contribution is -0.137. The van der Waals surface area contributed by atoms with Gasteiger partial charge >= 0.3 is 12.3 Å². The van der Waals surface area contributed by atoms with Crippen molar-refractivity contribution in [3.63, 3.8) is 0 Å². The smallest absolute Gasteiger partial charge is 0.419 e. The van der Waals surface area contributed by atoms with E-state index in [4.69, 9.17) is 15.2 Å². The van der Waals surface area contributed by atoms with Crippen LogP contribution >= 0.6 is 0 Å². The van der Waals surface area contributed by atoms with E-state index in [1.807, 2.05) is 0 Å². The summed E-state index contributed by atoms with van der Waals surface area (Å²) in [5.41, 5.74) is 4.40. The monoisotopic (exact) mass is 521 g/mol. The van der Waals surface area contributed by atoms with Gasteiger partial charge in [0.15, 0.2) is 11.5 Å². The number of halogens is 3. The number of anilines is 2. The molecule has 1 saturated heterocycles. The predicted octanol–water partition coefficient (Wildman–Crippen LogP) is 3.36. The first-order valence-electron chi connectivity index (χ1n) is 11.4. The summed E-state index contributed by atoms with van der Waals surface area (Å²) in [6.45, 7) is 5.89. The Kier molecular flexibility index (Phi) is 6.95. The topological polar surface area (TPSA) is 137 Å². The molecule has 37 heavy (non-hydrogen) atoms. The van der Waals surface area contributed by atoms with Gasteiger partial charge in [0.1, 0.15) is 18.0 Å². The molecule has 1 aliphatic rings. The molecule has 0 spiro atoms. The second-order valence-electron chi connectivity index (χ2n) is 9.50. The number of nitrogens with two attached hydrogens (primary N) is 1. The van der Waals surface area contributed by atoms with E-state index in [0.29, 0.717) is 25.2 Å². The Labute approximate surface area is 209 Å². The minimum atomic E-state index is -4.65. The molecule has 3 aromatic heterocycles. The summed E-state index contributed by atoms with van der Waals surface area (Å²) in [5.74, 6) is -0.898. The SMILES string of the molecule is CC(C)(C)OC(=O)N1CCC(OCC(=O)Nc2cn3nc(-c4cnc(N)c(C(F)(F)F)c4)ccc3n2)C1. The number of likely N-dealkylation sites (tertiary alicyclic amines) is 1. The number of ether oxygens (including phenoxy) is 2. The van der Waals surface area contributed by atoms with Crippen LogP contribution in [0.1, 0.15) is 32.8 Å². The first-order chi connectivity index (χ1) is 17.3. The highest BCUT2D eigenvalue weighted by molar-refractivity contribution is 5.91. The van der Waals surface area contributed by atoms with Gasteiger partial charge in [-0.2, -0.15) is 18.3 Å². The first kappa shape index (κ1) is 26.1. The van der Waals surface area contributed by atoms with Crippen LogP contribution in [0.15, 0.2) is 30.6 Å². The molecule has 14 heteroatoms. The van der Waals surface area contributed by atoms with Crippen LogP contribution in [0.25, 0.3) is 16.9 Å². The van der Waals surface area contributed by atoms with Gasteiger partial charge in [0, 0.05) is 18.3 Å². The fourth-order valence-electron chi connectivity index (χ4n) is 3.67. The van der Waals surface area contributed by atoms with Crippen molar-refractivity contribution in [2.75, 3.05) is 30.7 Å². The van der Waals surface area contributed by atoms with Crippen LogP contribution < -0.4 is 11.1 Å². The van der Waals surface area contributed by atoms with E-state index < -0.39 is 35.2 Å². The van der Waals surface area contributed by atoms with Crippen LogP contribution in [0.3, 0.4) is 0 Å². The highest BCUT2D eigenvalue weighted by Gasteiger charge is 2.34. The summed E-state index contributed by atoms with van der Waals surface area (Å²) < 4.78 is 51.8. The van der Waals surface area contributed by atoms with Crippen molar-refractivity contribution in [3.05, 3.63) is 36.2 Å². The number of nitrogen functional groups attached to an aromatic ring is 1. The van der Waals surface area contributed by atoms with Crippen molar-refractivity contribution >= 4 is 29.3 Å². The fraction of sp³-hybridized carbons (Fsp3) is 0.435. The van der Waals surface area contributed by atoms with Crippen molar-refractivity contribution < 1.29 is 32.2 Å². The van der Waals surface area contributed by atoms with Gasteiger partial charge in [-0.15, -0.1) is 0 Å². The molecule has 0 aliphatic carbocycles. The number of fused-ring (bicyclic) bond motifs is 1. The number of alkyl halides is 3. The minimum Gasteiger partial charge on any atom is -0.444 e. The van der Waals surface area contributed by atoms with Crippen molar-refractivity contribution in [1.82, 2.24) is 24.5 Å². The molecule has 1 unspecified atom stereocenters. The first-order valence-corrected chi connectivity index (χ1v) is 11.4. The predicted molar refractivity (Wildman–Crippen MR) is 126 cm³/mol. The molecule has 11 nitrogen and oxygen atoms in total. The average Bonchev–Trinajstić information content (AvgIpc) is 3.42. The number of imidazole rings is 1. The Morgan fingerprint density at radius 3 is 2.70 bits per heavy atom. The van der Waals surface area contributed by atoms with Gasteiger partial charge in [0.25, 0.3) is 5.91 Å². The number of nitrogens with one attached hydrogen (secondary N) is 1. The second kappa shape index (κ2) is 9.84. The molecule has 0 bridgehead atoms. The Morgan fingerprint density at radius 2 is 2.00 bits per heavy atom. The van der Waals surface area contributed by atoms with Crippen LogP contribution in [0, 0.1) is 0 Å². The molecule has 4 rings (SSSR count). The maximum atomic E-state index is 13.2. The van der Waals surface area contributed by atoms with Crippen molar-refractivity contribution in [2.24, 2.45) is 0 Å². The van der Waals surface area contributed by atoms with Crippen molar-refractivity contribution in [1.29, 1.82) is 0 Å². The van der Waals surface area contributed by atoms with Crippen LogP contribution in [0.5, 0.6) is 0 Å². The molecule has 1 fully saturated rings. The number of pyridine rings is 1. The molecule has 1 aliphatic heterocycles. The summed E-state index contributed by atoms with van der Waals surface area (Å²) in [6.07, 6.45) is -2.20. The number of aromatic nitrogens is 4. The van der Waals surface area contributed by atoms with Gasteiger partial charge in [0.05, 0.1) is 30.1 Å². The maximum Gasteiger partial charge on any atom is 0.419 e. The molecule has 0 aromatic carbocycles. The van der Waals surface area contributed by atoms with Crippen LogP contribution in [-0.4, -0.2) is 67.9 Å². The van der Waals surface area contributed by atoms with E-state index in [0.717, 1.165) is 6.07 Å². The molecule has 3 aromatic rings. The van der Waals surface area contributed by atoms with Gasteiger partial charge in [0.2, 0.25) is 0 Å². The standard InChI is InChI=1S/C23H26F3N7O4/c1-22(2,3)37-21(35)32-7-6-14(10-32)36-12-19(34)30-17-11-33-18(29-17)5-4-16(31-33)13-8-15(23(24,25)26)20(27)28-9-13/h4-5,8-9,11,14H,6-7,10,12H2,1-3H3,(H2,27,28)(H,30,34). The Balaban J connectivity index is 1.36. The molecule has 0 radical (unpaired) electrons. The summed E-state index contributed by atoms with van der Waals surface area (Å²) in [4.78, 5) is 33.9. The Bertz CT molecular complexity index is 1320. The van der Waals surface area contributed by atoms with E-state index in [1.165, 1.54) is 27.9 Å². The molecular weight excluding hydrogens is 495 g/mol. The number of rotatable bonds is 5. The molecule has 2 amide bonds. The maximum absolute atomic E-state index is 13.2. The van der Waals surface area contributed by atoms with Gasteiger partial charge in [-0.1, -0.05) is 0 Å². The lowest BCUT2D eigenvalue weighted by Crippen LogP contribution is -2.36. The third-order valence-electron chi connectivity index (χ3n) is 5.35. The molecule has 1 atom stereocenters. The zero-order valence-electron chi connectivity index (χ0n) is 20.4. The number of carbonyl (C=O) groups excluding carboxylic acids is 2. The molecule has 3 N–H and O–H groups in total. The van der Waals surface area contributed by atoms with E-state index in [-0.39, 0.29) is 29.8 Å². The second-order valence-corrected chi connectivity index (χ2v) is 9.50. The normalized spacial score (nSPS) is 16.3. The van der Waals surface area contributed by atoms with E-state index in [1.54, 1.807) is 26.8 Å². The Morgan fingerprint density at radius 1 is 1.24 bits per heavy atom. The van der Waals surface area contributed by atoms with Gasteiger partial charge in [-0.3, -0.25) is 4.79 Å². The summed E-state index contributed by atoms with van der Waals surface area (Å²) >= 11 is 0. The van der Waals surface area contributed by atoms with Crippen LogP contribution in [0.2, 0.25) is 0 Å². The highest BCUT2D eigenvalue weighted by Crippen LogP contribution is 2.34. The molecule has 0 saturated carbocycles. The van der Waals surface area contributed by atoms with E-state index >= 15 is 0 Å². The number of carbonyl (C=O) groups is 2. The zero-order valence-corrected chi connectivity index (χ0v) is 20.4. The van der Waals surface area contributed by atoms with Crippen molar-refractivity contribution in [3.8, 4) is 11.3 Å². The van der Waals surface area contributed by atoms with Crippen molar-refractivity contribution in [2.45, 2.75) is 45.1 Å². The van der Waals surface area contributed by atoms with E-state index in [9.17, 15) is 22.8 Å². The number of amides is 2. The zero-order chi connectivity index (χ0) is 27.0. The largest absolute Gasteiger partial charge is 0.444 e. The third-order valence-corrected chi connectivity index (χ3v) is 5.35. The van der Waals surface area contributed by atoms with Gasteiger partial charge in [-0.25, -0.2) is 19.3 Å². The average molecular weight is 522 g/mol. The molecule has 4 heterocycles. The van der Waals surface area contributed by atoms with Gasteiger partial charge < -0.3 is 25.4 Å². The number of hydrogen-bond donors (Lipinski definition) is 2. The molecule has 198 valence electrons. The fourth-order valence-corrected chi connectivity index (χ4v) is 3.67. The molecular formula is C23H26F3N7O4. The van der Waals surface area contributed by atoms with E-state index in [2.05, 4.69) is 20.4 Å². The van der Waals surface area contributed by atoms with Gasteiger partial charge in [-0.05, 0) is 45.4 Å². The minimum absolute atomic E-state index is 0.119. The van der Waals surface area contributed by atoms with Crippen LogP contribution in [-0.2, 0) is 20.4 Å². The number of hydrogen-bond acceptors (Lipinski definition) is 8. The quantitative estimate of drug-likeness (QED) is 0.522. The summed E-state index contributed by atoms with van der Waals surface area (Å²) in [6, 6.07) is 3.91.